The zero-order chi connectivity index (χ0) is 25.5. The number of hydrogen-bond acceptors (Lipinski definition) is 5. The summed E-state index contributed by atoms with van der Waals surface area (Å²) in [4.78, 5) is 51.0. The lowest BCUT2D eigenvalue weighted by atomic mass is 9.97. The molecule has 1 aliphatic rings. The maximum absolute atomic E-state index is 13.3. The number of carbonyl (C=O) groups excluding carboxylic acids is 4. The first-order valence-corrected chi connectivity index (χ1v) is 11.7. The standard InChI is InChI=1S/C25H29ClN4O5/c1-4-21(16-5-8-20(9-6-16)28-15(2)31)29-25(34)30-14-23(32)27-13-18(24(30)33)11-17-12-19(26)7-10-22(17)35-3/h5-10,12,18,21H,4,11,13-14H2,1-3H3,(H,27,32)(H,28,31)(H,29,34). The van der Waals surface area contributed by atoms with E-state index in [2.05, 4.69) is 16.0 Å². The Bertz CT molecular complexity index is 1110. The molecule has 3 rings (SSSR count). The molecule has 0 aliphatic carbocycles. The molecule has 1 heterocycles. The van der Waals surface area contributed by atoms with Crippen LogP contribution in [0.2, 0.25) is 5.02 Å². The maximum Gasteiger partial charge on any atom is 0.325 e. The molecule has 2 unspecified atom stereocenters. The monoisotopic (exact) mass is 500 g/mol. The van der Waals surface area contributed by atoms with E-state index in [-0.39, 0.29) is 31.5 Å². The first-order chi connectivity index (χ1) is 16.7. The van der Waals surface area contributed by atoms with Crippen LogP contribution in [0.25, 0.3) is 0 Å². The van der Waals surface area contributed by atoms with Crippen LogP contribution in [-0.2, 0) is 20.8 Å². The number of halogens is 1. The van der Waals surface area contributed by atoms with Crippen molar-refractivity contribution in [1.82, 2.24) is 15.5 Å². The molecule has 3 N–H and O–H groups in total. The van der Waals surface area contributed by atoms with E-state index in [1.807, 2.05) is 6.92 Å². The lowest BCUT2D eigenvalue weighted by Crippen LogP contribution is -2.48. The van der Waals surface area contributed by atoms with Crippen LogP contribution in [0.15, 0.2) is 42.5 Å². The highest BCUT2D eigenvalue weighted by Crippen LogP contribution is 2.27. The quantitative estimate of drug-likeness (QED) is 0.539. The Balaban J connectivity index is 1.76. The van der Waals surface area contributed by atoms with Crippen LogP contribution in [0.3, 0.4) is 0 Å². The number of ether oxygens (including phenoxy) is 1. The molecule has 1 fully saturated rings. The molecule has 186 valence electrons. The maximum atomic E-state index is 13.3. The number of nitrogens with one attached hydrogen (secondary N) is 3. The van der Waals surface area contributed by atoms with Gasteiger partial charge in [-0.3, -0.25) is 19.3 Å². The number of anilines is 1. The lowest BCUT2D eigenvalue weighted by molar-refractivity contribution is -0.133. The molecule has 2 atom stereocenters. The number of amides is 5. The minimum absolute atomic E-state index is 0.0962. The molecular formula is C25H29ClN4O5. The molecule has 35 heavy (non-hydrogen) atoms. The molecule has 0 radical (unpaired) electrons. The Labute approximate surface area is 209 Å². The molecule has 1 saturated heterocycles. The third-order valence-corrected chi connectivity index (χ3v) is 5.99. The number of imide groups is 1. The van der Waals surface area contributed by atoms with Crippen molar-refractivity contribution in [3.8, 4) is 5.75 Å². The zero-order valence-electron chi connectivity index (χ0n) is 19.9. The predicted octanol–water partition coefficient (Wildman–Crippen LogP) is 3.29. The zero-order valence-corrected chi connectivity index (χ0v) is 20.6. The largest absolute Gasteiger partial charge is 0.496 e. The van der Waals surface area contributed by atoms with E-state index in [9.17, 15) is 19.2 Å². The summed E-state index contributed by atoms with van der Waals surface area (Å²) < 4.78 is 5.38. The van der Waals surface area contributed by atoms with Crippen LogP contribution < -0.4 is 20.7 Å². The van der Waals surface area contributed by atoms with Gasteiger partial charge in [-0.15, -0.1) is 0 Å². The Morgan fingerprint density at radius 1 is 1.20 bits per heavy atom. The summed E-state index contributed by atoms with van der Waals surface area (Å²) >= 11 is 6.12. The Kier molecular flexibility index (Phi) is 8.70. The fourth-order valence-corrected chi connectivity index (χ4v) is 4.17. The molecule has 2 aromatic carbocycles. The third kappa shape index (κ3) is 6.73. The van der Waals surface area contributed by atoms with Crippen molar-refractivity contribution in [3.63, 3.8) is 0 Å². The van der Waals surface area contributed by atoms with Crippen molar-refractivity contribution >= 4 is 41.0 Å². The smallest absolute Gasteiger partial charge is 0.325 e. The lowest BCUT2D eigenvalue weighted by Gasteiger charge is -2.25. The highest BCUT2D eigenvalue weighted by Gasteiger charge is 2.35. The van der Waals surface area contributed by atoms with E-state index in [0.29, 0.717) is 28.4 Å². The molecule has 2 aromatic rings. The SMILES string of the molecule is CCC(NC(=O)N1CC(=O)NCC(Cc2cc(Cl)ccc2OC)C1=O)c1ccc(NC(C)=O)cc1. The van der Waals surface area contributed by atoms with Gasteiger partial charge in [-0.2, -0.15) is 0 Å². The second-order valence-electron chi connectivity index (χ2n) is 8.30. The Hall–Kier alpha value is -3.59. The van der Waals surface area contributed by atoms with E-state index in [1.165, 1.54) is 14.0 Å². The second-order valence-corrected chi connectivity index (χ2v) is 8.74. The van der Waals surface area contributed by atoms with Gasteiger partial charge in [0.2, 0.25) is 17.7 Å². The Morgan fingerprint density at radius 2 is 1.91 bits per heavy atom. The number of carbonyl (C=O) groups is 4. The van der Waals surface area contributed by atoms with Crippen LogP contribution in [-0.4, -0.2) is 48.9 Å². The van der Waals surface area contributed by atoms with Gasteiger partial charge in [-0.05, 0) is 54.3 Å². The van der Waals surface area contributed by atoms with E-state index < -0.39 is 23.8 Å². The van der Waals surface area contributed by atoms with Crippen molar-refractivity contribution in [2.45, 2.75) is 32.7 Å². The Morgan fingerprint density at radius 3 is 2.54 bits per heavy atom. The van der Waals surface area contributed by atoms with Crippen LogP contribution >= 0.6 is 11.6 Å². The van der Waals surface area contributed by atoms with Gasteiger partial charge in [-0.1, -0.05) is 30.7 Å². The number of benzene rings is 2. The van der Waals surface area contributed by atoms with E-state index >= 15 is 0 Å². The number of urea groups is 1. The average molecular weight is 501 g/mol. The van der Waals surface area contributed by atoms with E-state index in [4.69, 9.17) is 16.3 Å². The molecule has 0 bridgehead atoms. The molecule has 0 spiro atoms. The average Bonchev–Trinajstić information content (AvgIpc) is 2.96. The molecular weight excluding hydrogens is 472 g/mol. The van der Waals surface area contributed by atoms with Crippen LogP contribution in [0.4, 0.5) is 10.5 Å². The third-order valence-electron chi connectivity index (χ3n) is 5.76. The highest BCUT2D eigenvalue weighted by molar-refractivity contribution is 6.30. The van der Waals surface area contributed by atoms with E-state index in [0.717, 1.165) is 10.5 Å². The summed E-state index contributed by atoms with van der Waals surface area (Å²) in [7, 11) is 1.52. The number of methoxy groups -OCH3 is 1. The first-order valence-electron chi connectivity index (χ1n) is 11.3. The van der Waals surface area contributed by atoms with Crippen molar-refractivity contribution in [2.75, 3.05) is 25.5 Å². The number of hydrogen-bond donors (Lipinski definition) is 3. The van der Waals surface area contributed by atoms with Gasteiger partial charge in [-0.25, -0.2) is 4.79 Å². The fourth-order valence-electron chi connectivity index (χ4n) is 3.98. The van der Waals surface area contributed by atoms with Gasteiger partial charge in [0.1, 0.15) is 12.3 Å². The molecule has 9 nitrogen and oxygen atoms in total. The van der Waals surface area contributed by atoms with Crippen molar-refractivity contribution < 1.29 is 23.9 Å². The van der Waals surface area contributed by atoms with Gasteiger partial charge in [0.15, 0.2) is 0 Å². The normalized spacial score (nSPS) is 16.7. The summed E-state index contributed by atoms with van der Waals surface area (Å²) in [5.41, 5.74) is 2.16. The van der Waals surface area contributed by atoms with Crippen LogP contribution in [0, 0.1) is 5.92 Å². The molecule has 0 aromatic heterocycles. The minimum Gasteiger partial charge on any atom is -0.496 e. The van der Waals surface area contributed by atoms with Gasteiger partial charge < -0.3 is 20.7 Å². The summed E-state index contributed by atoms with van der Waals surface area (Å²) in [6.45, 7) is 3.05. The predicted molar refractivity (Wildman–Crippen MR) is 132 cm³/mol. The second kappa shape index (κ2) is 11.7. The van der Waals surface area contributed by atoms with Crippen LogP contribution in [0.5, 0.6) is 5.75 Å². The summed E-state index contributed by atoms with van der Waals surface area (Å²) in [6.07, 6.45) is 0.803. The molecule has 0 saturated carbocycles. The fraction of sp³-hybridized carbons (Fsp3) is 0.360. The topological polar surface area (TPSA) is 117 Å². The summed E-state index contributed by atoms with van der Waals surface area (Å²) in [5, 5.41) is 8.76. The van der Waals surface area contributed by atoms with Gasteiger partial charge in [0.25, 0.3) is 0 Å². The van der Waals surface area contributed by atoms with Gasteiger partial charge in [0.05, 0.1) is 19.1 Å². The first kappa shape index (κ1) is 26.0. The highest BCUT2D eigenvalue weighted by atomic mass is 35.5. The van der Waals surface area contributed by atoms with Gasteiger partial charge in [0, 0.05) is 24.2 Å². The summed E-state index contributed by atoms with van der Waals surface area (Å²) in [5.74, 6) is -1.15. The van der Waals surface area contributed by atoms with Crippen molar-refractivity contribution in [3.05, 3.63) is 58.6 Å². The number of rotatable bonds is 7. The molecule has 5 amide bonds. The van der Waals surface area contributed by atoms with Crippen molar-refractivity contribution in [1.29, 1.82) is 0 Å². The van der Waals surface area contributed by atoms with Crippen LogP contribution in [0.1, 0.15) is 37.4 Å². The van der Waals surface area contributed by atoms with E-state index in [1.54, 1.807) is 42.5 Å². The minimum atomic E-state index is -0.670. The molecule has 10 heteroatoms. The molecule has 1 aliphatic heterocycles. The van der Waals surface area contributed by atoms with Crippen molar-refractivity contribution in [2.24, 2.45) is 5.92 Å². The number of nitrogens with zero attached hydrogens (tertiary/aromatic N) is 1. The van der Waals surface area contributed by atoms with Gasteiger partial charge >= 0.3 is 6.03 Å². The summed E-state index contributed by atoms with van der Waals surface area (Å²) in [6, 6.07) is 11.2.